The zero-order chi connectivity index (χ0) is 17.6. The number of benzene rings is 1. The van der Waals surface area contributed by atoms with Crippen LogP contribution in [-0.4, -0.2) is 29.0 Å². The summed E-state index contributed by atoms with van der Waals surface area (Å²) in [7, 11) is 1.57. The Balaban J connectivity index is 1.73. The molecule has 0 saturated heterocycles. The Morgan fingerprint density at radius 3 is 2.80 bits per heavy atom. The van der Waals surface area contributed by atoms with E-state index < -0.39 is 0 Å². The summed E-state index contributed by atoms with van der Waals surface area (Å²) in [5.41, 5.74) is 0.976. The topological polar surface area (TPSA) is 76.1 Å². The molecule has 0 spiro atoms. The van der Waals surface area contributed by atoms with Gasteiger partial charge in [-0.1, -0.05) is 30.9 Å². The van der Waals surface area contributed by atoms with Crippen molar-refractivity contribution >= 4 is 29.1 Å². The van der Waals surface area contributed by atoms with Gasteiger partial charge >= 0.3 is 0 Å². The standard InChI is InChI=1S/C18H21ClN4O2/c1-25-16-8-7-12(19)11-15(16)23-18-20-10-9-14(22-18)17(24)21-13-5-3-2-4-6-13/h7-11,13H,2-6H2,1H3,(H,21,24)(H,20,22,23). The third-order valence-corrected chi connectivity index (χ3v) is 4.47. The summed E-state index contributed by atoms with van der Waals surface area (Å²) >= 11 is 6.03. The van der Waals surface area contributed by atoms with E-state index in [1.807, 2.05) is 0 Å². The molecule has 1 aromatic carbocycles. The van der Waals surface area contributed by atoms with Crippen LogP contribution in [0.4, 0.5) is 11.6 Å². The minimum atomic E-state index is -0.171. The first kappa shape index (κ1) is 17.5. The fraction of sp³-hybridized carbons (Fsp3) is 0.389. The number of amides is 1. The van der Waals surface area contributed by atoms with Crippen molar-refractivity contribution in [2.75, 3.05) is 12.4 Å². The van der Waals surface area contributed by atoms with Crippen molar-refractivity contribution in [2.24, 2.45) is 0 Å². The number of methoxy groups -OCH3 is 1. The van der Waals surface area contributed by atoms with Crippen molar-refractivity contribution in [3.63, 3.8) is 0 Å². The number of hydrogen-bond donors (Lipinski definition) is 2. The third kappa shape index (κ3) is 4.60. The van der Waals surface area contributed by atoms with Gasteiger partial charge in [0.2, 0.25) is 5.95 Å². The quantitative estimate of drug-likeness (QED) is 0.844. The Hall–Kier alpha value is -2.34. The lowest BCUT2D eigenvalue weighted by Gasteiger charge is -2.22. The van der Waals surface area contributed by atoms with Gasteiger partial charge in [0.25, 0.3) is 5.91 Å². The molecule has 1 aliphatic rings. The average molecular weight is 361 g/mol. The number of hydrogen-bond acceptors (Lipinski definition) is 5. The van der Waals surface area contributed by atoms with Crippen LogP contribution in [0.5, 0.6) is 5.75 Å². The summed E-state index contributed by atoms with van der Waals surface area (Å²) < 4.78 is 5.29. The van der Waals surface area contributed by atoms with Gasteiger partial charge in [-0.25, -0.2) is 9.97 Å². The Labute approximate surface area is 152 Å². The third-order valence-electron chi connectivity index (χ3n) is 4.24. The maximum absolute atomic E-state index is 12.4. The maximum Gasteiger partial charge on any atom is 0.270 e. The van der Waals surface area contributed by atoms with E-state index in [-0.39, 0.29) is 11.9 Å². The summed E-state index contributed by atoms with van der Waals surface area (Å²) in [5, 5.41) is 6.67. The molecule has 0 bridgehead atoms. The number of carbonyl (C=O) groups excluding carboxylic acids is 1. The van der Waals surface area contributed by atoms with Gasteiger partial charge in [0.05, 0.1) is 12.8 Å². The Bertz CT molecular complexity index is 748. The van der Waals surface area contributed by atoms with Crippen LogP contribution in [-0.2, 0) is 0 Å². The summed E-state index contributed by atoms with van der Waals surface area (Å²) in [4.78, 5) is 20.9. The lowest BCUT2D eigenvalue weighted by Crippen LogP contribution is -2.36. The van der Waals surface area contributed by atoms with Crippen LogP contribution in [0.15, 0.2) is 30.5 Å². The molecule has 1 aliphatic carbocycles. The predicted molar refractivity (Wildman–Crippen MR) is 97.7 cm³/mol. The molecule has 1 aromatic heterocycles. The first-order valence-corrected chi connectivity index (χ1v) is 8.78. The summed E-state index contributed by atoms with van der Waals surface area (Å²) in [5.74, 6) is 0.761. The number of halogens is 1. The van der Waals surface area contributed by atoms with Crippen molar-refractivity contribution in [2.45, 2.75) is 38.1 Å². The maximum atomic E-state index is 12.4. The molecule has 1 fully saturated rings. The largest absolute Gasteiger partial charge is 0.495 e. The van der Waals surface area contributed by atoms with Gasteiger partial charge in [-0.05, 0) is 37.1 Å². The second-order valence-corrected chi connectivity index (χ2v) is 6.48. The lowest BCUT2D eigenvalue weighted by molar-refractivity contribution is 0.0922. The predicted octanol–water partition coefficient (Wildman–Crippen LogP) is 3.94. The first-order valence-electron chi connectivity index (χ1n) is 8.40. The molecule has 0 aliphatic heterocycles. The summed E-state index contributed by atoms with van der Waals surface area (Å²) in [6.07, 6.45) is 7.19. The number of anilines is 2. The van der Waals surface area contributed by atoms with E-state index in [0.717, 1.165) is 25.7 Å². The van der Waals surface area contributed by atoms with Crippen molar-refractivity contribution in [3.8, 4) is 5.75 Å². The van der Waals surface area contributed by atoms with Crippen LogP contribution in [0, 0.1) is 0 Å². The second kappa shape index (κ2) is 8.16. The number of nitrogens with zero attached hydrogens (tertiary/aromatic N) is 2. The minimum absolute atomic E-state index is 0.171. The molecule has 132 valence electrons. The van der Waals surface area contributed by atoms with Crippen molar-refractivity contribution in [3.05, 3.63) is 41.2 Å². The average Bonchev–Trinajstić information content (AvgIpc) is 2.63. The van der Waals surface area contributed by atoms with Crippen molar-refractivity contribution < 1.29 is 9.53 Å². The zero-order valence-electron chi connectivity index (χ0n) is 14.1. The number of carbonyl (C=O) groups is 1. The Morgan fingerprint density at radius 1 is 1.24 bits per heavy atom. The Morgan fingerprint density at radius 2 is 2.04 bits per heavy atom. The SMILES string of the molecule is COc1ccc(Cl)cc1Nc1nccc(C(=O)NC2CCCCC2)n1. The normalized spacial score (nSPS) is 14.8. The molecule has 7 heteroatoms. The first-order chi connectivity index (χ1) is 12.2. The van der Waals surface area contributed by atoms with E-state index in [0.29, 0.717) is 28.1 Å². The van der Waals surface area contributed by atoms with Crippen LogP contribution in [0.1, 0.15) is 42.6 Å². The van der Waals surface area contributed by atoms with Gasteiger partial charge < -0.3 is 15.4 Å². The molecular weight excluding hydrogens is 340 g/mol. The molecule has 0 radical (unpaired) electrons. The van der Waals surface area contributed by atoms with Gasteiger partial charge in [-0.3, -0.25) is 4.79 Å². The zero-order valence-corrected chi connectivity index (χ0v) is 14.8. The van der Waals surface area contributed by atoms with Crippen LogP contribution in [0.2, 0.25) is 5.02 Å². The molecule has 0 unspecified atom stereocenters. The van der Waals surface area contributed by atoms with Gasteiger partial charge in [-0.15, -0.1) is 0 Å². The van der Waals surface area contributed by atoms with E-state index in [1.54, 1.807) is 37.6 Å². The van der Waals surface area contributed by atoms with Crippen molar-refractivity contribution in [1.29, 1.82) is 0 Å². The molecule has 3 rings (SSSR count). The number of rotatable bonds is 5. The van der Waals surface area contributed by atoms with Crippen LogP contribution in [0.25, 0.3) is 0 Å². The van der Waals surface area contributed by atoms with Crippen LogP contribution in [0.3, 0.4) is 0 Å². The fourth-order valence-corrected chi connectivity index (χ4v) is 3.12. The van der Waals surface area contributed by atoms with E-state index in [2.05, 4.69) is 20.6 Å². The van der Waals surface area contributed by atoms with Crippen molar-refractivity contribution in [1.82, 2.24) is 15.3 Å². The van der Waals surface area contributed by atoms with E-state index in [1.165, 1.54) is 6.42 Å². The number of nitrogens with one attached hydrogen (secondary N) is 2. The van der Waals surface area contributed by atoms with Gasteiger partial charge in [0, 0.05) is 17.3 Å². The second-order valence-electron chi connectivity index (χ2n) is 6.04. The van der Waals surface area contributed by atoms with Gasteiger partial charge in [0.15, 0.2) is 0 Å². The van der Waals surface area contributed by atoms with Crippen LogP contribution >= 0.6 is 11.6 Å². The summed E-state index contributed by atoms with van der Waals surface area (Å²) in [6.45, 7) is 0. The Kier molecular flexibility index (Phi) is 5.71. The molecular formula is C18H21ClN4O2. The molecule has 1 saturated carbocycles. The smallest absolute Gasteiger partial charge is 0.270 e. The van der Waals surface area contributed by atoms with E-state index in [9.17, 15) is 4.79 Å². The molecule has 2 aromatic rings. The highest BCUT2D eigenvalue weighted by atomic mass is 35.5. The van der Waals surface area contributed by atoms with Gasteiger partial charge in [0.1, 0.15) is 11.4 Å². The highest BCUT2D eigenvalue weighted by Crippen LogP contribution is 2.29. The number of aromatic nitrogens is 2. The monoisotopic (exact) mass is 360 g/mol. The summed E-state index contributed by atoms with van der Waals surface area (Å²) in [6, 6.07) is 7.06. The lowest BCUT2D eigenvalue weighted by atomic mass is 9.95. The molecule has 6 nitrogen and oxygen atoms in total. The minimum Gasteiger partial charge on any atom is -0.495 e. The van der Waals surface area contributed by atoms with E-state index in [4.69, 9.17) is 16.3 Å². The molecule has 0 atom stereocenters. The fourth-order valence-electron chi connectivity index (χ4n) is 2.95. The number of ether oxygens (including phenoxy) is 1. The molecule has 2 N–H and O–H groups in total. The molecule has 1 amide bonds. The van der Waals surface area contributed by atoms with E-state index >= 15 is 0 Å². The highest BCUT2D eigenvalue weighted by molar-refractivity contribution is 6.31. The molecule has 1 heterocycles. The van der Waals surface area contributed by atoms with Crippen LogP contribution < -0.4 is 15.4 Å². The van der Waals surface area contributed by atoms with Gasteiger partial charge in [-0.2, -0.15) is 0 Å². The highest BCUT2D eigenvalue weighted by Gasteiger charge is 2.18. The molecule has 25 heavy (non-hydrogen) atoms.